The van der Waals surface area contributed by atoms with E-state index in [1.165, 1.54) is 12.4 Å². The number of aromatic nitrogens is 2. The van der Waals surface area contributed by atoms with Gasteiger partial charge in [0.25, 0.3) is 5.91 Å². The van der Waals surface area contributed by atoms with Gasteiger partial charge in [-0.2, -0.15) is 0 Å². The maximum absolute atomic E-state index is 12.1. The fourth-order valence-electron chi connectivity index (χ4n) is 1.91. The maximum atomic E-state index is 12.1. The van der Waals surface area contributed by atoms with Crippen LogP contribution in [0.1, 0.15) is 5.56 Å². The topological polar surface area (TPSA) is 64.1 Å². The van der Waals surface area contributed by atoms with E-state index < -0.39 is 6.10 Å². The van der Waals surface area contributed by atoms with Crippen LogP contribution in [0.15, 0.2) is 41.3 Å². The first-order valence-corrected chi connectivity index (χ1v) is 6.54. The van der Waals surface area contributed by atoms with E-state index in [-0.39, 0.29) is 5.91 Å². The van der Waals surface area contributed by atoms with E-state index in [0.29, 0.717) is 16.8 Å². The molecule has 0 radical (unpaired) electrons. The molecule has 0 saturated carbocycles. The van der Waals surface area contributed by atoms with Crippen molar-refractivity contribution in [3.63, 3.8) is 0 Å². The van der Waals surface area contributed by atoms with Crippen molar-refractivity contribution in [3.05, 3.63) is 46.8 Å². The van der Waals surface area contributed by atoms with E-state index in [1.54, 1.807) is 0 Å². The zero-order chi connectivity index (χ0) is 13.2. The van der Waals surface area contributed by atoms with Gasteiger partial charge in [0.15, 0.2) is 11.9 Å². The number of nitrogens with zero attached hydrogens (tertiary/aromatic N) is 2. The number of carbonyl (C=O) groups is 1. The van der Waals surface area contributed by atoms with E-state index in [9.17, 15) is 4.79 Å². The molecule has 3 rings (SSSR count). The highest BCUT2D eigenvalue weighted by molar-refractivity contribution is 9.10. The second kappa shape index (κ2) is 4.97. The molecule has 0 aliphatic carbocycles. The number of halogens is 1. The van der Waals surface area contributed by atoms with Crippen LogP contribution in [0, 0.1) is 0 Å². The summed E-state index contributed by atoms with van der Waals surface area (Å²) in [4.78, 5) is 20.1. The Kier molecular flexibility index (Phi) is 3.16. The Bertz CT molecular complexity index is 591. The molecule has 1 aliphatic rings. The van der Waals surface area contributed by atoms with Crippen LogP contribution in [-0.2, 0) is 11.2 Å². The van der Waals surface area contributed by atoms with Crippen molar-refractivity contribution >= 4 is 27.7 Å². The molecule has 0 fully saturated rings. The Balaban J connectivity index is 1.68. The van der Waals surface area contributed by atoms with Crippen LogP contribution in [0.5, 0.6) is 5.75 Å². The van der Waals surface area contributed by atoms with Crippen molar-refractivity contribution in [2.45, 2.75) is 12.5 Å². The highest BCUT2D eigenvalue weighted by Gasteiger charge is 2.28. The van der Waals surface area contributed by atoms with Gasteiger partial charge in [0.1, 0.15) is 10.4 Å². The Morgan fingerprint density at radius 1 is 1.32 bits per heavy atom. The van der Waals surface area contributed by atoms with Gasteiger partial charge in [-0.15, -0.1) is 0 Å². The zero-order valence-electron chi connectivity index (χ0n) is 9.84. The number of benzene rings is 1. The summed E-state index contributed by atoms with van der Waals surface area (Å²) in [6.45, 7) is 0. The van der Waals surface area contributed by atoms with Gasteiger partial charge in [0.05, 0.1) is 12.4 Å². The van der Waals surface area contributed by atoms with Gasteiger partial charge in [-0.25, -0.2) is 9.97 Å². The normalized spacial score (nSPS) is 16.6. The van der Waals surface area contributed by atoms with Gasteiger partial charge in [0, 0.05) is 6.42 Å². The molecule has 5 nitrogen and oxygen atoms in total. The molecule has 2 aromatic rings. The molecule has 0 spiro atoms. The van der Waals surface area contributed by atoms with Crippen molar-refractivity contribution in [3.8, 4) is 5.75 Å². The second-order valence-corrected chi connectivity index (χ2v) is 4.94. The van der Waals surface area contributed by atoms with E-state index in [0.717, 1.165) is 11.3 Å². The first-order valence-electron chi connectivity index (χ1n) is 5.75. The molecule has 96 valence electrons. The van der Waals surface area contributed by atoms with E-state index in [2.05, 4.69) is 31.2 Å². The number of para-hydroxylation sites is 1. The fourth-order valence-corrected chi connectivity index (χ4v) is 2.12. The number of hydrogen-bond donors (Lipinski definition) is 1. The van der Waals surface area contributed by atoms with Crippen molar-refractivity contribution in [2.24, 2.45) is 0 Å². The number of ether oxygens (including phenoxy) is 1. The van der Waals surface area contributed by atoms with Crippen molar-refractivity contribution in [1.29, 1.82) is 0 Å². The third kappa shape index (κ3) is 2.58. The summed E-state index contributed by atoms with van der Waals surface area (Å²) >= 11 is 3.19. The van der Waals surface area contributed by atoms with Crippen molar-refractivity contribution < 1.29 is 9.53 Å². The van der Waals surface area contributed by atoms with Crippen LogP contribution in [-0.4, -0.2) is 22.0 Å². The Morgan fingerprint density at radius 2 is 2.16 bits per heavy atom. The summed E-state index contributed by atoms with van der Waals surface area (Å²) in [5.74, 6) is 0.963. The monoisotopic (exact) mass is 319 g/mol. The second-order valence-electron chi connectivity index (χ2n) is 4.13. The summed E-state index contributed by atoms with van der Waals surface area (Å²) in [6, 6.07) is 7.64. The number of hydrogen-bond acceptors (Lipinski definition) is 4. The van der Waals surface area contributed by atoms with Crippen LogP contribution < -0.4 is 10.1 Å². The number of fused-ring (bicyclic) bond motifs is 1. The molecule has 1 N–H and O–H groups in total. The van der Waals surface area contributed by atoms with Crippen LogP contribution in [0.3, 0.4) is 0 Å². The molecule has 1 aliphatic heterocycles. The molecule has 1 aromatic heterocycles. The van der Waals surface area contributed by atoms with Crippen molar-refractivity contribution in [2.75, 3.05) is 5.32 Å². The molecule has 2 heterocycles. The predicted octanol–water partition coefficient (Wildman–Crippen LogP) is 2.18. The highest BCUT2D eigenvalue weighted by atomic mass is 79.9. The molecule has 1 amide bonds. The van der Waals surface area contributed by atoms with Gasteiger partial charge in [-0.3, -0.25) is 4.79 Å². The number of nitrogens with one attached hydrogen (secondary N) is 1. The smallest absolute Gasteiger partial charge is 0.266 e. The molecule has 6 heteroatoms. The Morgan fingerprint density at radius 3 is 2.89 bits per heavy atom. The fraction of sp³-hybridized carbons (Fsp3) is 0.154. The zero-order valence-corrected chi connectivity index (χ0v) is 11.4. The number of amides is 1. The molecule has 0 bridgehead atoms. The third-order valence-corrected chi connectivity index (χ3v) is 3.22. The minimum atomic E-state index is -0.511. The lowest BCUT2D eigenvalue weighted by Crippen LogP contribution is -2.31. The number of anilines is 1. The summed E-state index contributed by atoms with van der Waals surface area (Å²) in [7, 11) is 0. The van der Waals surface area contributed by atoms with E-state index >= 15 is 0 Å². The lowest BCUT2D eigenvalue weighted by molar-refractivity contribution is -0.122. The maximum Gasteiger partial charge on any atom is 0.266 e. The highest BCUT2D eigenvalue weighted by Crippen LogP contribution is 2.28. The first kappa shape index (κ1) is 12.1. The van der Waals surface area contributed by atoms with Gasteiger partial charge in [0.2, 0.25) is 0 Å². The molecular formula is C13H10BrN3O2. The first-order chi connectivity index (χ1) is 9.22. The molecule has 1 atom stereocenters. The molecule has 1 aromatic carbocycles. The summed E-state index contributed by atoms with van der Waals surface area (Å²) in [5, 5.41) is 2.69. The third-order valence-electron chi connectivity index (χ3n) is 2.81. The molecule has 0 saturated heterocycles. The molecule has 1 unspecified atom stereocenters. The van der Waals surface area contributed by atoms with Crippen LogP contribution in [0.4, 0.5) is 5.82 Å². The van der Waals surface area contributed by atoms with E-state index in [1.807, 2.05) is 24.3 Å². The molecular weight excluding hydrogens is 310 g/mol. The summed E-state index contributed by atoms with van der Waals surface area (Å²) in [5.41, 5.74) is 1.05. The Labute approximate surface area is 118 Å². The van der Waals surface area contributed by atoms with Gasteiger partial charge in [-0.1, -0.05) is 18.2 Å². The largest absolute Gasteiger partial charge is 0.480 e. The van der Waals surface area contributed by atoms with Crippen molar-refractivity contribution in [1.82, 2.24) is 9.97 Å². The van der Waals surface area contributed by atoms with Crippen LogP contribution in [0.25, 0.3) is 0 Å². The van der Waals surface area contributed by atoms with Crippen LogP contribution in [0.2, 0.25) is 0 Å². The average molecular weight is 320 g/mol. The minimum Gasteiger partial charge on any atom is -0.480 e. The minimum absolute atomic E-state index is 0.215. The SMILES string of the molecule is O=C(Nc1cnc(Br)cn1)C1Cc2ccccc2O1. The lowest BCUT2D eigenvalue weighted by Gasteiger charge is -2.10. The Hall–Kier alpha value is -1.95. The number of rotatable bonds is 2. The average Bonchev–Trinajstić information content (AvgIpc) is 2.85. The lowest BCUT2D eigenvalue weighted by atomic mass is 10.1. The summed E-state index contributed by atoms with van der Waals surface area (Å²) in [6.07, 6.45) is 3.08. The standard InChI is InChI=1S/C13H10BrN3O2/c14-11-6-16-12(7-15-11)17-13(18)10-5-8-3-1-2-4-9(8)19-10/h1-4,6-7,10H,5H2,(H,16,17,18). The van der Waals surface area contributed by atoms with Gasteiger partial charge in [-0.05, 0) is 27.6 Å². The van der Waals surface area contributed by atoms with E-state index in [4.69, 9.17) is 4.74 Å². The van der Waals surface area contributed by atoms with Crippen LogP contribution >= 0.6 is 15.9 Å². The molecule has 19 heavy (non-hydrogen) atoms. The number of carbonyl (C=O) groups excluding carboxylic acids is 1. The van der Waals surface area contributed by atoms with Gasteiger partial charge < -0.3 is 10.1 Å². The predicted molar refractivity (Wildman–Crippen MR) is 72.9 cm³/mol. The summed E-state index contributed by atoms with van der Waals surface area (Å²) < 4.78 is 6.22. The van der Waals surface area contributed by atoms with Gasteiger partial charge >= 0.3 is 0 Å². The quantitative estimate of drug-likeness (QED) is 0.921.